The molecule has 4 heterocycles. The van der Waals surface area contributed by atoms with Gasteiger partial charge in [-0.1, -0.05) is 6.07 Å². The van der Waals surface area contributed by atoms with Crippen LogP contribution in [0.1, 0.15) is 10.4 Å². The summed E-state index contributed by atoms with van der Waals surface area (Å²) < 4.78 is 18.0. The fourth-order valence-corrected chi connectivity index (χ4v) is 4.47. The minimum absolute atomic E-state index is 0.0832. The lowest BCUT2D eigenvalue weighted by molar-refractivity contribution is 0.0383. The molecule has 0 spiro atoms. The highest BCUT2D eigenvalue weighted by atomic mass is 16.6. The van der Waals surface area contributed by atoms with Crippen molar-refractivity contribution < 1.29 is 24.0 Å². The number of fused-ring (bicyclic) bond motifs is 1. The second-order valence-corrected chi connectivity index (χ2v) is 9.14. The summed E-state index contributed by atoms with van der Waals surface area (Å²) in [6.07, 6.45) is 1.57. The number of carbonyl (C=O) groups is 1. The van der Waals surface area contributed by atoms with Crippen molar-refractivity contribution in [3.05, 3.63) is 66.4 Å². The number of phenolic OH excluding ortho intramolecular Hbond substituents is 1. The van der Waals surface area contributed by atoms with E-state index in [2.05, 4.69) is 30.5 Å². The number of benzene rings is 2. The maximum atomic E-state index is 12.8. The molecule has 40 heavy (non-hydrogen) atoms. The van der Waals surface area contributed by atoms with Gasteiger partial charge in [-0.05, 0) is 52.8 Å². The Balaban J connectivity index is 1.25. The fraction of sp³-hybridized carbons (Fsp3) is 0.222. The molecule has 3 aromatic heterocycles. The number of nitrogen functional groups attached to an aromatic ring is 1. The molecule has 0 radical (unpaired) electrons. The molecular weight excluding hydrogens is 516 g/mol. The Labute approximate surface area is 228 Å². The first-order valence-electron chi connectivity index (χ1n) is 12.7. The largest absolute Gasteiger partial charge is 0.508 e. The Bertz CT molecular complexity index is 1640. The molecule has 1 aliphatic rings. The van der Waals surface area contributed by atoms with E-state index in [4.69, 9.17) is 19.8 Å². The zero-order valence-corrected chi connectivity index (χ0v) is 21.4. The number of aromatic hydroxyl groups is 1. The smallest absolute Gasteiger partial charge is 0.251 e. The Morgan fingerprint density at radius 3 is 2.70 bits per heavy atom. The lowest BCUT2D eigenvalue weighted by Gasteiger charge is -2.26. The van der Waals surface area contributed by atoms with Crippen molar-refractivity contribution in [1.82, 2.24) is 35.1 Å². The van der Waals surface area contributed by atoms with Crippen LogP contribution < -0.4 is 15.8 Å². The van der Waals surface area contributed by atoms with Crippen molar-refractivity contribution in [3.8, 4) is 34.6 Å². The average molecular weight is 543 g/mol. The summed E-state index contributed by atoms with van der Waals surface area (Å²) in [6, 6.07) is 15.2. The standard InChI is InChI=1S/C27H26N8O5/c28-25-24(32-40-33-25)26-31-21-16-30-23(15-22(21)35(26)18-4-6-19(36)7-5-18)39-20-3-1-2-17(14-20)27(37)29-8-9-34-10-12-38-13-11-34/h1-7,14-16,36H,8-13H2,(H2,28,33)(H,29,37). The second-order valence-electron chi connectivity index (χ2n) is 9.14. The molecule has 1 fully saturated rings. The highest BCUT2D eigenvalue weighted by molar-refractivity contribution is 5.94. The van der Waals surface area contributed by atoms with Gasteiger partial charge in [0, 0.05) is 43.5 Å². The van der Waals surface area contributed by atoms with Crippen LogP contribution in [0.5, 0.6) is 17.4 Å². The predicted molar refractivity (Wildman–Crippen MR) is 144 cm³/mol. The zero-order chi connectivity index (χ0) is 27.5. The van der Waals surface area contributed by atoms with Crippen molar-refractivity contribution in [2.24, 2.45) is 0 Å². The molecule has 13 nitrogen and oxygen atoms in total. The number of nitrogens with two attached hydrogens (primary N) is 1. The maximum Gasteiger partial charge on any atom is 0.251 e. The fourth-order valence-electron chi connectivity index (χ4n) is 4.47. The molecule has 0 atom stereocenters. The first-order chi connectivity index (χ1) is 19.5. The third-order valence-corrected chi connectivity index (χ3v) is 6.49. The number of aromatic nitrogens is 5. The molecule has 2 aromatic carbocycles. The molecule has 0 aliphatic carbocycles. The number of imidazole rings is 1. The molecule has 13 heteroatoms. The van der Waals surface area contributed by atoms with Gasteiger partial charge >= 0.3 is 0 Å². The molecular formula is C27H26N8O5. The summed E-state index contributed by atoms with van der Waals surface area (Å²) in [5, 5.41) is 20.3. The van der Waals surface area contributed by atoms with Crippen LogP contribution in [-0.2, 0) is 4.74 Å². The van der Waals surface area contributed by atoms with Gasteiger partial charge in [0.25, 0.3) is 5.91 Å². The summed E-state index contributed by atoms with van der Waals surface area (Å²) in [4.78, 5) is 24.0. The summed E-state index contributed by atoms with van der Waals surface area (Å²) in [6.45, 7) is 4.48. The normalized spacial score (nSPS) is 13.9. The van der Waals surface area contributed by atoms with E-state index in [9.17, 15) is 9.90 Å². The summed E-state index contributed by atoms with van der Waals surface area (Å²) >= 11 is 0. The third kappa shape index (κ3) is 5.28. The van der Waals surface area contributed by atoms with Crippen LogP contribution in [0.4, 0.5) is 5.82 Å². The van der Waals surface area contributed by atoms with Crippen molar-refractivity contribution in [2.75, 3.05) is 45.1 Å². The molecule has 204 valence electrons. The van der Waals surface area contributed by atoms with E-state index < -0.39 is 0 Å². The van der Waals surface area contributed by atoms with Crippen molar-refractivity contribution >= 4 is 22.8 Å². The lowest BCUT2D eigenvalue weighted by atomic mass is 10.2. The van der Waals surface area contributed by atoms with Gasteiger partial charge in [-0.25, -0.2) is 14.6 Å². The number of anilines is 1. The Morgan fingerprint density at radius 2 is 1.93 bits per heavy atom. The monoisotopic (exact) mass is 542 g/mol. The van der Waals surface area contributed by atoms with Crippen LogP contribution in [0.15, 0.2) is 65.4 Å². The van der Waals surface area contributed by atoms with E-state index in [1.54, 1.807) is 65.4 Å². The van der Waals surface area contributed by atoms with Gasteiger partial charge in [0.15, 0.2) is 17.3 Å². The van der Waals surface area contributed by atoms with Gasteiger partial charge in [-0.15, -0.1) is 0 Å². The quantitative estimate of drug-likeness (QED) is 0.264. The van der Waals surface area contributed by atoms with Crippen LogP contribution in [0, 0.1) is 0 Å². The minimum atomic E-state index is -0.184. The number of hydrogen-bond acceptors (Lipinski definition) is 11. The number of pyridine rings is 1. The van der Waals surface area contributed by atoms with Gasteiger partial charge in [0.1, 0.15) is 17.0 Å². The molecule has 5 aromatic rings. The van der Waals surface area contributed by atoms with Gasteiger partial charge in [-0.2, -0.15) is 0 Å². The number of hydrogen-bond donors (Lipinski definition) is 3. The topological polar surface area (TPSA) is 167 Å². The van der Waals surface area contributed by atoms with E-state index in [0.717, 1.165) is 32.8 Å². The number of nitrogens with one attached hydrogen (secondary N) is 1. The van der Waals surface area contributed by atoms with Gasteiger partial charge in [-0.3, -0.25) is 14.3 Å². The van der Waals surface area contributed by atoms with E-state index in [1.807, 2.05) is 0 Å². The average Bonchev–Trinajstić information content (AvgIpc) is 3.57. The Hall–Kier alpha value is -5.01. The number of nitrogens with zero attached hydrogens (tertiary/aromatic N) is 6. The predicted octanol–water partition coefficient (Wildman–Crippen LogP) is 2.61. The van der Waals surface area contributed by atoms with E-state index in [0.29, 0.717) is 40.4 Å². The van der Waals surface area contributed by atoms with E-state index >= 15 is 0 Å². The highest BCUT2D eigenvalue weighted by Crippen LogP contribution is 2.32. The first kappa shape index (κ1) is 25.3. The van der Waals surface area contributed by atoms with Gasteiger partial charge in [0.2, 0.25) is 5.88 Å². The zero-order valence-electron chi connectivity index (χ0n) is 21.4. The molecule has 0 bridgehead atoms. The number of rotatable bonds is 8. The molecule has 4 N–H and O–H groups in total. The number of ether oxygens (including phenoxy) is 2. The summed E-state index contributed by atoms with van der Waals surface area (Å²) in [7, 11) is 0. The first-order valence-corrected chi connectivity index (χ1v) is 12.7. The molecule has 0 saturated carbocycles. The van der Waals surface area contributed by atoms with Gasteiger partial charge < -0.3 is 25.6 Å². The highest BCUT2D eigenvalue weighted by Gasteiger charge is 2.21. The SMILES string of the molecule is Nc1nonc1-c1nc2cnc(Oc3cccc(C(=O)NCCN4CCOCC4)c3)cc2n1-c1ccc(O)cc1. The van der Waals surface area contributed by atoms with Crippen LogP contribution in [-0.4, -0.2) is 80.2 Å². The Morgan fingerprint density at radius 1 is 1.10 bits per heavy atom. The van der Waals surface area contributed by atoms with Crippen molar-refractivity contribution in [1.29, 1.82) is 0 Å². The number of morpholine rings is 1. The Kier molecular flexibility index (Phi) is 6.95. The van der Waals surface area contributed by atoms with Crippen LogP contribution in [0.25, 0.3) is 28.2 Å². The number of phenols is 1. The van der Waals surface area contributed by atoms with Crippen molar-refractivity contribution in [2.45, 2.75) is 0 Å². The van der Waals surface area contributed by atoms with E-state index in [1.165, 1.54) is 0 Å². The maximum absolute atomic E-state index is 12.8. The van der Waals surface area contributed by atoms with Gasteiger partial charge in [0.05, 0.1) is 24.9 Å². The third-order valence-electron chi connectivity index (χ3n) is 6.49. The molecule has 1 saturated heterocycles. The van der Waals surface area contributed by atoms with Crippen LogP contribution >= 0.6 is 0 Å². The number of amides is 1. The number of carbonyl (C=O) groups excluding carboxylic acids is 1. The van der Waals surface area contributed by atoms with E-state index in [-0.39, 0.29) is 29.0 Å². The minimum Gasteiger partial charge on any atom is -0.508 e. The molecule has 1 amide bonds. The summed E-state index contributed by atoms with van der Waals surface area (Å²) in [5.74, 6) is 1.14. The summed E-state index contributed by atoms with van der Waals surface area (Å²) in [5.41, 5.74) is 8.58. The second kappa shape index (κ2) is 11.0. The van der Waals surface area contributed by atoms with Crippen LogP contribution in [0.2, 0.25) is 0 Å². The molecule has 1 aliphatic heterocycles. The molecule has 6 rings (SSSR count). The van der Waals surface area contributed by atoms with Crippen molar-refractivity contribution in [3.63, 3.8) is 0 Å². The molecule has 0 unspecified atom stereocenters. The lowest BCUT2D eigenvalue weighted by Crippen LogP contribution is -2.41. The van der Waals surface area contributed by atoms with Crippen LogP contribution in [0.3, 0.4) is 0 Å².